The van der Waals surface area contributed by atoms with Gasteiger partial charge in [-0.25, -0.2) is 0 Å². The third-order valence-electron chi connectivity index (χ3n) is 3.66. The van der Waals surface area contributed by atoms with E-state index >= 15 is 0 Å². The third-order valence-corrected chi connectivity index (χ3v) is 4.40. The standard InChI is InChI=1S/C16H17Cl2N3O4/c17-11-4-3-9(6-12(11)18)2-1-5-20-15(24)10-7-21(8-13(19)22)16(25)14(10)23/h3-4,6,23H,1-2,5,7-8H2,(H2,19,22)(H,20,24). The lowest BCUT2D eigenvalue weighted by molar-refractivity contribution is -0.132. The van der Waals surface area contributed by atoms with Gasteiger partial charge in [-0.2, -0.15) is 0 Å². The summed E-state index contributed by atoms with van der Waals surface area (Å²) in [6.45, 7) is -0.150. The number of carbonyl (C=O) groups is 3. The first kappa shape index (κ1) is 19.1. The first-order chi connectivity index (χ1) is 11.8. The fraction of sp³-hybridized carbons (Fsp3) is 0.312. The topological polar surface area (TPSA) is 113 Å². The maximum absolute atomic E-state index is 12.1. The molecule has 0 spiro atoms. The number of amides is 3. The highest BCUT2D eigenvalue weighted by Crippen LogP contribution is 2.23. The van der Waals surface area contributed by atoms with Crippen LogP contribution in [0, 0.1) is 0 Å². The molecule has 1 aromatic carbocycles. The van der Waals surface area contributed by atoms with Gasteiger partial charge in [0.05, 0.1) is 22.2 Å². The Hall–Kier alpha value is -2.25. The number of hydrogen-bond donors (Lipinski definition) is 3. The molecule has 0 aromatic heterocycles. The summed E-state index contributed by atoms with van der Waals surface area (Å²) in [5.41, 5.74) is 5.94. The van der Waals surface area contributed by atoms with Crippen molar-refractivity contribution < 1.29 is 19.5 Å². The normalized spacial score (nSPS) is 14.2. The number of nitrogens with one attached hydrogen (secondary N) is 1. The largest absolute Gasteiger partial charge is 0.503 e. The van der Waals surface area contributed by atoms with Crippen LogP contribution in [0.25, 0.3) is 0 Å². The van der Waals surface area contributed by atoms with Crippen LogP contribution in [0.5, 0.6) is 0 Å². The van der Waals surface area contributed by atoms with Gasteiger partial charge in [0.1, 0.15) is 6.54 Å². The number of primary amides is 1. The van der Waals surface area contributed by atoms with Gasteiger partial charge in [0.2, 0.25) is 5.91 Å². The zero-order valence-corrected chi connectivity index (χ0v) is 14.7. The number of halogens is 2. The molecule has 0 radical (unpaired) electrons. The summed E-state index contributed by atoms with van der Waals surface area (Å²) in [7, 11) is 0. The average Bonchev–Trinajstić information content (AvgIpc) is 2.82. The van der Waals surface area contributed by atoms with Crippen LogP contribution >= 0.6 is 23.2 Å². The molecule has 2 rings (SSSR count). The Balaban J connectivity index is 1.83. The van der Waals surface area contributed by atoms with Gasteiger partial charge < -0.3 is 21.1 Å². The summed E-state index contributed by atoms with van der Waals surface area (Å²) in [5.74, 6) is -2.70. The average molecular weight is 386 g/mol. The lowest BCUT2D eigenvalue weighted by Crippen LogP contribution is -2.37. The highest BCUT2D eigenvalue weighted by molar-refractivity contribution is 6.42. The van der Waals surface area contributed by atoms with E-state index in [-0.39, 0.29) is 18.7 Å². The molecule has 134 valence electrons. The third kappa shape index (κ3) is 4.87. The monoisotopic (exact) mass is 385 g/mol. The predicted octanol–water partition coefficient (Wildman–Crippen LogP) is 1.18. The predicted molar refractivity (Wildman–Crippen MR) is 93.2 cm³/mol. The van der Waals surface area contributed by atoms with E-state index in [1.807, 2.05) is 6.07 Å². The molecule has 0 aliphatic carbocycles. The van der Waals surface area contributed by atoms with E-state index in [0.29, 0.717) is 29.4 Å². The van der Waals surface area contributed by atoms with E-state index < -0.39 is 23.5 Å². The summed E-state index contributed by atoms with van der Waals surface area (Å²) < 4.78 is 0. The second kappa shape index (κ2) is 8.22. The maximum Gasteiger partial charge on any atom is 0.290 e. The van der Waals surface area contributed by atoms with Crippen LogP contribution in [-0.2, 0) is 20.8 Å². The van der Waals surface area contributed by atoms with Gasteiger partial charge in [-0.1, -0.05) is 29.3 Å². The van der Waals surface area contributed by atoms with E-state index in [1.54, 1.807) is 12.1 Å². The Bertz CT molecular complexity index is 749. The number of carbonyl (C=O) groups excluding carboxylic acids is 3. The molecular formula is C16H17Cl2N3O4. The van der Waals surface area contributed by atoms with E-state index in [4.69, 9.17) is 28.9 Å². The van der Waals surface area contributed by atoms with E-state index in [1.165, 1.54) is 0 Å². The summed E-state index contributed by atoms with van der Waals surface area (Å²) in [4.78, 5) is 35.7. The summed E-state index contributed by atoms with van der Waals surface area (Å²) >= 11 is 11.8. The minimum absolute atomic E-state index is 0.0687. The highest BCUT2D eigenvalue weighted by Gasteiger charge is 2.34. The van der Waals surface area contributed by atoms with Crippen molar-refractivity contribution in [2.24, 2.45) is 5.73 Å². The van der Waals surface area contributed by atoms with Crippen molar-refractivity contribution >= 4 is 40.9 Å². The van der Waals surface area contributed by atoms with Gasteiger partial charge in [0, 0.05) is 6.54 Å². The van der Waals surface area contributed by atoms with Gasteiger partial charge in [-0.15, -0.1) is 0 Å². The second-order valence-corrected chi connectivity index (χ2v) is 6.38. The fourth-order valence-corrected chi connectivity index (χ4v) is 2.73. The first-order valence-electron chi connectivity index (χ1n) is 7.51. The zero-order valence-electron chi connectivity index (χ0n) is 13.2. The molecule has 0 saturated heterocycles. The molecule has 1 heterocycles. The molecule has 4 N–H and O–H groups in total. The molecule has 7 nitrogen and oxygen atoms in total. The number of rotatable bonds is 7. The number of nitrogens with two attached hydrogens (primary N) is 1. The van der Waals surface area contributed by atoms with E-state index in [0.717, 1.165) is 10.5 Å². The van der Waals surface area contributed by atoms with Crippen LogP contribution in [0.4, 0.5) is 0 Å². The Morgan fingerprint density at radius 3 is 2.64 bits per heavy atom. The molecule has 9 heteroatoms. The molecule has 0 saturated carbocycles. The lowest BCUT2D eigenvalue weighted by atomic mass is 10.1. The van der Waals surface area contributed by atoms with Crippen molar-refractivity contribution in [3.8, 4) is 0 Å². The highest BCUT2D eigenvalue weighted by atomic mass is 35.5. The number of aliphatic hydroxyl groups excluding tert-OH is 1. The number of benzene rings is 1. The molecular weight excluding hydrogens is 369 g/mol. The second-order valence-electron chi connectivity index (χ2n) is 5.56. The minimum atomic E-state index is -0.778. The van der Waals surface area contributed by atoms with Crippen LogP contribution < -0.4 is 11.1 Å². The Kier molecular flexibility index (Phi) is 6.27. The zero-order chi connectivity index (χ0) is 18.6. The molecule has 1 aliphatic rings. The lowest BCUT2D eigenvalue weighted by Gasteiger charge is -2.13. The molecule has 0 atom stereocenters. The molecule has 25 heavy (non-hydrogen) atoms. The number of aliphatic hydroxyl groups is 1. The van der Waals surface area contributed by atoms with Crippen molar-refractivity contribution in [2.75, 3.05) is 19.6 Å². The first-order valence-corrected chi connectivity index (χ1v) is 8.27. The van der Waals surface area contributed by atoms with Crippen molar-refractivity contribution in [1.82, 2.24) is 10.2 Å². The molecule has 1 aromatic rings. The van der Waals surface area contributed by atoms with Crippen LogP contribution in [0.15, 0.2) is 29.5 Å². The van der Waals surface area contributed by atoms with Gasteiger partial charge in [0.15, 0.2) is 5.76 Å². The molecule has 3 amide bonds. The van der Waals surface area contributed by atoms with Crippen LogP contribution in [0.3, 0.4) is 0 Å². The molecule has 0 bridgehead atoms. The maximum atomic E-state index is 12.1. The molecule has 0 fully saturated rings. The summed E-state index contributed by atoms with van der Waals surface area (Å²) in [6, 6.07) is 5.32. The Morgan fingerprint density at radius 1 is 1.28 bits per heavy atom. The van der Waals surface area contributed by atoms with Gasteiger partial charge in [-0.3, -0.25) is 14.4 Å². The van der Waals surface area contributed by atoms with Crippen LogP contribution in [0.2, 0.25) is 10.0 Å². The van der Waals surface area contributed by atoms with Gasteiger partial charge in [-0.05, 0) is 30.5 Å². The van der Waals surface area contributed by atoms with Crippen LogP contribution in [-0.4, -0.2) is 47.4 Å². The minimum Gasteiger partial charge on any atom is -0.503 e. The molecule has 1 aliphatic heterocycles. The number of hydrogen-bond acceptors (Lipinski definition) is 4. The fourth-order valence-electron chi connectivity index (χ4n) is 2.41. The SMILES string of the molecule is NC(=O)CN1CC(C(=O)NCCCc2ccc(Cl)c(Cl)c2)=C(O)C1=O. The van der Waals surface area contributed by atoms with Crippen molar-refractivity contribution in [2.45, 2.75) is 12.8 Å². The smallest absolute Gasteiger partial charge is 0.290 e. The van der Waals surface area contributed by atoms with Gasteiger partial charge in [0.25, 0.3) is 11.8 Å². The van der Waals surface area contributed by atoms with E-state index in [9.17, 15) is 19.5 Å². The van der Waals surface area contributed by atoms with Crippen molar-refractivity contribution in [3.05, 3.63) is 45.1 Å². The van der Waals surface area contributed by atoms with Gasteiger partial charge >= 0.3 is 0 Å². The summed E-state index contributed by atoms with van der Waals surface area (Å²) in [6.07, 6.45) is 1.31. The number of nitrogens with zero attached hydrogens (tertiary/aromatic N) is 1. The number of aryl methyl sites for hydroxylation is 1. The Morgan fingerprint density at radius 2 is 2.00 bits per heavy atom. The molecule has 0 unspecified atom stereocenters. The summed E-state index contributed by atoms with van der Waals surface area (Å²) in [5, 5.41) is 13.3. The van der Waals surface area contributed by atoms with Crippen molar-refractivity contribution in [3.63, 3.8) is 0 Å². The quantitative estimate of drug-likeness (QED) is 0.611. The van der Waals surface area contributed by atoms with Crippen LogP contribution in [0.1, 0.15) is 12.0 Å². The van der Waals surface area contributed by atoms with E-state index in [2.05, 4.69) is 5.32 Å². The Labute approximate surface area is 154 Å². The van der Waals surface area contributed by atoms with Crippen molar-refractivity contribution in [1.29, 1.82) is 0 Å².